The molecular formula is C27H29ClN4O3. The number of halogens is 1. The Balaban J connectivity index is 0.000000201. The molecule has 2 N–H and O–H groups in total. The zero-order chi connectivity index (χ0) is 24.9. The van der Waals surface area contributed by atoms with Crippen molar-refractivity contribution in [3.63, 3.8) is 0 Å². The molecule has 0 radical (unpaired) electrons. The Labute approximate surface area is 210 Å². The van der Waals surface area contributed by atoms with E-state index in [0.29, 0.717) is 17.1 Å². The topological polar surface area (TPSA) is 77.4 Å². The van der Waals surface area contributed by atoms with Crippen LogP contribution >= 0.6 is 11.6 Å². The van der Waals surface area contributed by atoms with Crippen LogP contribution in [0.3, 0.4) is 0 Å². The maximum atomic E-state index is 10.3. The second kappa shape index (κ2) is 10.7. The van der Waals surface area contributed by atoms with Gasteiger partial charge in [0.15, 0.2) is 0 Å². The summed E-state index contributed by atoms with van der Waals surface area (Å²) in [6.45, 7) is 5.02. The van der Waals surface area contributed by atoms with Crippen LogP contribution in [0.15, 0.2) is 71.8 Å². The second-order valence-corrected chi connectivity index (χ2v) is 8.94. The lowest BCUT2D eigenvalue weighted by Crippen LogP contribution is -2.35. The van der Waals surface area contributed by atoms with Crippen LogP contribution in [0.5, 0.6) is 11.5 Å². The van der Waals surface area contributed by atoms with E-state index < -0.39 is 0 Å². The quantitative estimate of drug-likeness (QED) is 0.470. The highest BCUT2D eigenvalue weighted by atomic mass is 35.5. The van der Waals surface area contributed by atoms with Crippen molar-refractivity contribution in [3.05, 3.63) is 82.9 Å². The van der Waals surface area contributed by atoms with Crippen LogP contribution in [0.1, 0.15) is 31.0 Å². The smallest absolute Gasteiger partial charge is 0.225 e. The Kier molecular flexibility index (Phi) is 7.46. The number of para-hydroxylation sites is 1. The predicted molar refractivity (Wildman–Crippen MR) is 140 cm³/mol. The molecule has 182 valence electrons. The summed E-state index contributed by atoms with van der Waals surface area (Å²) in [7, 11) is 1.65. The molecule has 0 fully saturated rings. The highest BCUT2D eigenvalue weighted by molar-refractivity contribution is 6.30. The first kappa shape index (κ1) is 24.4. The highest BCUT2D eigenvalue weighted by Crippen LogP contribution is 2.43. The second-order valence-electron chi connectivity index (χ2n) is 8.50. The molecule has 2 atom stereocenters. The molecule has 0 aromatic heterocycles. The van der Waals surface area contributed by atoms with Gasteiger partial charge in [0.1, 0.15) is 17.2 Å². The van der Waals surface area contributed by atoms with Gasteiger partial charge in [-0.1, -0.05) is 48.9 Å². The summed E-state index contributed by atoms with van der Waals surface area (Å²) in [5, 5.41) is 19.1. The lowest BCUT2D eigenvalue weighted by Gasteiger charge is -2.27. The molecule has 7 nitrogen and oxygen atoms in total. The minimum Gasteiger partial charge on any atom is -0.506 e. The van der Waals surface area contributed by atoms with E-state index in [1.54, 1.807) is 19.2 Å². The minimum absolute atomic E-state index is 0.0213. The number of hydrogen-bond donors (Lipinski definition) is 2. The number of anilines is 2. The number of ether oxygens (including phenoxy) is 1. The number of phenols is 1. The number of hydrazone groups is 1. The Morgan fingerprint density at radius 3 is 2.54 bits per heavy atom. The van der Waals surface area contributed by atoms with Gasteiger partial charge >= 0.3 is 0 Å². The van der Waals surface area contributed by atoms with E-state index in [1.165, 1.54) is 11.6 Å². The number of rotatable bonds is 5. The first-order valence-corrected chi connectivity index (χ1v) is 11.8. The number of carbonyl (C=O) groups is 1. The average Bonchev–Trinajstić information content (AvgIpc) is 3.40. The summed E-state index contributed by atoms with van der Waals surface area (Å²) >= 11 is 5.94. The molecule has 8 heteroatoms. The van der Waals surface area contributed by atoms with Crippen molar-refractivity contribution in [2.75, 3.05) is 23.7 Å². The highest BCUT2D eigenvalue weighted by Gasteiger charge is 2.35. The average molecular weight is 493 g/mol. The van der Waals surface area contributed by atoms with Crippen LogP contribution in [0.4, 0.5) is 11.4 Å². The summed E-state index contributed by atoms with van der Waals surface area (Å²) in [6.07, 6.45) is 1.72. The molecule has 35 heavy (non-hydrogen) atoms. The molecule has 3 aromatic carbocycles. The van der Waals surface area contributed by atoms with Crippen LogP contribution in [0, 0.1) is 5.92 Å². The number of methoxy groups -OCH3 is 1. The monoisotopic (exact) mass is 492 g/mol. The van der Waals surface area contributed by atoms with Crippen LogP contribution in [-0.2, 0) is 11.2 Å². The third-order valence-corrected chi connectivity index (χ3v) is 6.63. The van der Waals surface area contributed by atoms with Gasteiger partial charge in [-0.25, -0.2) is 0 Å². The number of hydrogen-bond acceptors (Lipinski definition) is 6. The Bertz CT molecular complexity index is 1220. The fourth-order valence-electron chi connectivity index (χ4n) is 4.42. The molecule has 0 saturated heterocycles. The molecular weight excluding hydrogens is 464 g/mol. The van der Waals surface area contributed by atoms with E-state index in [-0.39, 0.29) is 17.7 Å². The summed E-state index contributed by atoms with van der Waals surface area (Å²) in [4.78, 5) is 10.2. The van der Waals surface area contributed by atoms with E-state index >= 15 is 0 Å². The number of nitrogens with zero attached hydrogens (tertiary/aromatic N) is 3. The van der Waals surface area contributed by atoms with E-state index in [0.717, 1.165) is 35.7 Å². The number of carbonyl (C=O) groups excluding carboxylic acids is 1. The Hall–Kier alpha value is -3.71. The van der Waals surface area contributed by atoms with Gasteiger partial charge in [0, 0.05) is 29.3 Å². The van der Waals surface area contributed by atoms with E-state index in [1.807, 2.05) is 59.4 Å². The van der Waals surface area contributed by atoms with Crippen LogP contribution in [0.25, 0.3) is 0 Å². The number of hydrazine groups is 1. The van der Waals surface area contributed by atoms with E-state index in [4.69, 9.17) is 16.3 Å². The van der Waals surface area contributed by atoms with Gasteiger partial charge in [-0.3, -0.25) is 20.2 Å². The third-order valence-electron chi connectivity index (χ3n) is 6.40. The van der Waals surface area contributed by atoms with Crippen molar-refractivity contribution in [3.8, 4) is 11.5 Å². The standard InChI is InChI=1S/C18H19ClN2O2.C9H10N2O/c1-11-12(2)20-21(16-9-6-14(19)10-17(16)22)18(11)13-4-7-15(23-3)8-5-13;12-7-10-11-6-5-8-3-1-2-4-9(8)11/h4-11,18,22H,1-3H3;1-4,7H,5-6H2,(H,10,12). The number of aromatic hydroxyl groups is 1. The summed E-state index contributed by atoms with van der Waals surface area (Å²) in [5.41, 5.74) is 7.87. The van der Waals surface area contributed by atoms with Crippen molar-refractivity contribution < 1.29 is 14.6 Å². The van der Waals surface area contributed by atoms with Crippen molar-refractivity contribution in [2.24, 2.45) is 11.0 Å². The molecule has 0 aliphatic carbocycles. The lowest BCUT2D eigenvalue weighted by atomic mass is 9.92. The molecule has 2 heterocycles. The van der Waals surface area contributed by atoms with Crippen molar-refractivity contribution in [2.45, 2.75) is 26.3 Å². The number of benzene rings is 3. The van der Waals surface area contributed by atoms with Crippen molar-refractivity contribution in [1.82, 2.24) is 5.43 Å². The summed E-state index contributed by atoms with van der Waals surface area (Å²) in [6, 6.07) is 21.2. The fraction of sp³-hybridized carbons (Fsp3) is 0.259. The zero-order valence-electron chi connectivity index (χ0n) is 20.0. The molecule has 0 spiro atoms. The maximum absolute atomic E-state index is 10.3. The molecule has 3 aromatic rings. The fourth-order valence-corrected chi connectivity index (χ4v) is 4.59. The zero-order valence-corrected chi connectivity index (χ0v) is 20.7. The number of phenolic OH excluding ortho intramolecular Hbond substituents is 1. The largest absolute Gasteiger partial charge is 0.506 e. The number of fused-ring (bicyclic) bond motifs is 1. The molecule has 1 amide bonds. The van der Waals surface area contributed by atoms with Crippen LogP contribution in [-0.4, -0.2) is 30.9 Å². The maximum Gasteiger partial charge on any atom is 0.225 e. The van der Waals surface area contributed by atoms with Gasteiger partial charge in [-0.2, -0.15) is 5.10 Å². The van der Waals surface area contributed by atoms with Gasteiger partial charge in [0.2, 0.25) is 6.41 Å². The SMILES string of the molecule is COc1ccc(C2C(C)C(C)=NN2c2ccc(Cl)cc2O)cc1.O=CNN1CCc2ccccc21. The van der Waals surface area contributed by atoms with Gasteiger partial charge in [-0.05, 0) is 54.8 Å². The van der Waals surface area contributed by atoms with Crippen molar-refractivity contribution in [1.29, 1.82) is 0 Å². The van der Waals surface area contributed by atoms with Gasteiger partial charge in [0.05, 0.1) is 18.8 Å². The summed E-state index contributed by atoms with van der Waals surface area (Å²) < 4.78 is 5.23. The lowest BCUT2D eigenvalue weighted by molar-refractivity contribution is -0.109. The number of amides is 1. The van der Waals surface area contributed by atoms with Crippen LogP contribution < -0.4 is 20.2 Å². The third kappa shape index (κ3) is 5.20. The molecule has 0 bridgehead atoms. The van der Waals surface area contributed by atoms with E-state index in [2.05, 4.69) is 23.5 Å². The van der Waals surface area contributed by atoms with E-state index in [9.17, 15) is 9.90 Å². The molecule has 2 aliphatic rings. The van der Waals surface area contributed by atoms with Crippen molar-refractivity contribution >= 4 is 35.1 Å². The molecule has 5 rings (SSSR count). The minimum atomic E-state index is 0.0213. The Morgan fingerprint density at radius 2 is 1.86 bits per heavy atom. The van der Waals surface area contributed by atoms with Crippen LogP contribution in [0.2, 0.25) is 5.02 Å². The number of nitrogens with one attached hydrogen (secondary N) is 1. The summed E-state index contributed by atoms with van der Waals surface area (Å²) in [5.74, 6) is 1.18. The Morgan fingerprint density at radius 1 is 1.11 bits per heavy atom. The van der Waals surface area contributed by atoms with Gasteiger partial charge < -0.3 is 9.84 Å². The molecule has 0 saturated carbocycles. The first-order chi connectivity index (χ1) is 16.9. The van der Waals surface area contributed by atoms with Gasteiger partial charge in [-0.15, -0.1) is 0 Å². The predicted octanol–water partition coefficient (Wildman–Crippen LogP) is 5.34. The normalized spacial score (nSPS) is 18.3. The first-order valence-electron chi connectivity index (χ1n) is 11.4. The molecule has 2 aliphatic heterocycles. The molecule has 2 unspecified atom stereocenters. The van der Waals surface area contributed by atoms with Gasteiger partial charge in [0.25, 0.3) is 0 Å².